The fraction of sp³-hybridized carbons (Fsp3) is 0.250. The molecule has 0 aliphatic carbocycles. The molecule has 1 N–H and O–H groups in total. The van der Waals surface area contributed by atoms with Gasteiger partial charge in [0.25, 0.3) is 5.69 Å². The molecular formula is C16H16INO5. The zero-order valence-electron chi connectivity index (χ0n) is 12.5. The molecule has 2 rings (SSSR count). The Morgan fingerprint density at radius 2 is 2.00 bits per heavy atom. The predicted octanol–water partition coefficient (Wildman–Crippen LogP) is 3.67. The van der Waals surface area contributed by atoms with Crippen LogP contribution in [0.15, 0.2) is 36.4 Å². The molecule has 2 aromatic carbocycles. The standard InChI is InChI=1S/C16H16INO5/c1-2-22-15-8-12(9-19)7-14(17)16(15)23-10-11-4-3-5-13(6-11)18(20)21/h3-8,19H,2,9-10H2,1H3. The zero-order valence-corrected chi connectivity index (χ0v) is 14.6. The van der Waals surface area contributed by atoms with E-state index < -0.39 is 4.92 Å². The van der Waals surface area contributed by atoms with Gasteiger partial charge in [-0.1, -0.05) is 12.1 Å². The number of halogens is 1. The molecule has 0 saturated carbocycles. The summed E-state index contributed by atoms with van der Waals surface area (Å²) in [7, 11) is 0. The summed E-state index contributed by atoms with van der Waals surface area (Å²) in [6.07, 6.45) is 0. The van der Waals surface area contributed by atoms with Crippen LogP contribution in [0, 0.1) is 13.7 Å². The van der Waals surface area contributed by atoms with Crippen molar-refractivity contribution in [2.24, 2.45) is 0 Å². The van der Waals surface area contributed by atoms with Gasteiger partial charge in [0.1, 0.15) is 6.61 Å². The van der Waals surface area contributed by atoms with Crippen molar-refractivity contribution < 1.29 is 19.5 Å². The molecule has 0 radical (unpaired) electrons. The minimum Gasteiger partial charge on any atom is -0.490 e. The summed E-state index contributed by atoms with van der Waals surface area (Å²) >= 11 is 2.11. The molecule has 0 bridgehead atoms. The van der Waals surface area contributed by atoms with Crippen LogP contribution < -0.4 is 9.47 Å². The molecule has 0 aromatic heterocycles. The van der Waals surface area contributed by atoms with Gasteiger partial charge in [0, 0.05) is 12.1 Å². The molecule has 0 spiro atoms. The van der Waals surface area contributed by atoms with Crippen LogP contribution in [-0.4, -0.2) is 16.6 Å². The summed E-state index contributed by atoms with van der Waals surface area (Å²) in [6, 6.07) is 9.85. The van der Waals surface area contributed by atoms with Crippen LogP contribution in [-0.2, 0) is 13.2 Å². The van der Waals surface area contributed by atoms with Crippen molar-refractivity contribution >= 4 is 28.3 Å². The molecule has 0 heterocycles. The maximum atomic E-state index is 10.8. The second-order valence-corrected chi connectivity index (χ2v) is 5.87. The van der Waals surface area contributed by atoms with Crippen molar-refractivity contribution in [3.63, 3.8) is 0 Å². The Morgan fingerprint density at radius 1 is 1.22 bits per heavy atom. The van der Waals surface area contributed by atoms with Crippen molar-refractivity contribution in [3.8, 4) is 11.5 Å². The number of nitro benzene ring substituents is 1. The minimum absolute atomic E-state index is 0.0291. The Labute approximate surface area is 147 Å². The van der Waals surface area contributed by atoms with Crippen molar-refractivity contribution in [2.45, 2.75) is 20.1 Å². The van der Waals surface area contributed by atoms with Gasteiger partial charge < -0.3 is 14.6 Å². The van der Waals surface area contributed by atoms with Crippen LogP contribution in [0.25, 0.3) is 0 Å². The number of nitrogens with zero attached hydrogens (tertiary/aromatic N) is 1. The van der Waals surface area contributed by atoms with Gasteiger partial charge in [-0.25, -0.2) is 0 Å². The number of aliphatic hydroxyl groups is 1. The van der Waals surface area contributed by atoms with Crippen molar-refractivity contribution in [3.05, 3.63) is 61.2 Å². The number of non-ortho nitro benzene ring substituents is 1. The van der Waals surface area contributed by atoms with Gasteiger partial charge in [-0.2, -0.15) is 0 Å². The molecule has 0 saturated heterocycles. The first-order valence-corrected chi connectivity index (χ1v) is 8.05. The van der Waals surface area contributed by atoms with Crippen LogP contribution in [0.5, 0.6) is 11.5 Å². The first-order valence-electron chi connectivity index (χ1n) is 6.97. The van der Waals surface area contributed by atoms with E-state index in [9.17, 15) is 15.2 Å². The average molecular weight is 429 g/mol. The molecule has 0 unspecified atom stereocenters. The van der Waals surface area contributed by atoms with Gasteiger partial charge in [-0.15, -0.1) is 0 Å². The summed E-state index contributed by atoms with van der Waals surface area (Å²) in [4.78, 5) is 10.4. The van der Waals surface area contributed by atoms with E-state index in [1.807, 2.05) is 13.0 Å². The van der Waals surface area contributed by atoms with E-state index in [0.717, 1.165) is 9.13 Å². The van der Waals surface area contributed by atoms with Crippen molar-refractivity contribution in [1.29, 1.82) is 0 Å². The Morgan fingerprint density at radius 3 is 2.65 bits per heavy atom. The summed E-state index contributed by atoms with van der Waals surface area (Å²) in [5.41, 5.74) is 1.46. The van der Waals surface area contributed by atoms with Crippen LogP contribution >= 0.6 is 22.6 Å². The highest BCUT2D eigenvalue weighted by Crippen LogP contribution is 2.35. The third-order valence-corrected chi connectivity index (χ3v) is 3.86. The molecule has 0 amide bonds. The fourth-order valence-electron chi connectivity index (χ4n) is 2.03. The zero-order chi connectivity index (χ0) is 16.8. The monoisotopic (exact) mass is 429 g/mol. The van der Waals surface area contributed by atoms with E-state index in [1.165, 1.54) is 12.1 Å². The minimum atomic E-state index is -0.436. The first-order chi connectivity index (χ1) is 11.0. The molecule has 7 heteroatoms. The number of hydrogen-bond donors (Lipinski definition) is 1. The molecule has 23 heavy (non-hydrogen) atoms. The van der Waals surface area contributed by atoms with E-state index >= 15 is 0 Å². The molecule has 6 nitrogen and oxygen atoms in total. The topological polar surface area (TPSA) is 81.8 Å². The lowest BCUT2D eigenvalue weighted by Crippen LogP contribution is -2.03. The Kier molecular flexibility index (Phi) is 6.17. The maximum absolute atomic E-state index is 10.8. The molecule has 0 aliphatic rings. The smallest absolute Gasteiger partial charge is 0.269 e. The summed E-state index contributed by atoms with van der Waals surface area (Å²) in [6.45, 7) is 2.44. The van der Waals surface area contributed by atoms with Crippen LogP contribution in [0.3, 0.4) is 0 Å². The summed E-state index contributed by atoms with van der Waals surface area (Å²) in [5.74, 6) is 1.12. The highest BCUT2D eigenvalue weighted by Gasteiger charge is 2.13. The van der Waals surface area contributed by atoms with E-state index in [1.54, 1.807) is 18.2 Å². The normalized spacial score (nSPS) is 10.4. The highest BCUT2D eigenvalue weighted by atomic mass is 127. The fourth-order valence-corrected chi connectivity index (χ4v) is 2.85. The van der Waals surface area contributed by atoms with Crippen LogP contribution in [0.1, 0.15) is 18.1 Å². The third kappa shape index (κ3) is 4.55. The predicted molar refractivity (Wildman–Crippen MR) is 93.7 cm³/mol. The van der Waals surface area contributed by atoms with E-state index in [4.69, 9.17) is 9.47 Å². The Bertz CT molecular complexity index is 705. The van der Waals surface area contributed by atoms with Gasteiger partial charge in [-0.05, 0) is 52.8 Å². The number of rotatable bonds is 7. The Balaban J connectivity index is 2.22. The molecule has 2 aromatic rings. The van der Waals surface area contributed by atoms with Crippen LogP contribution in [0.4, 0.5) is 5.69 Å². The van der Waals surface area contributed by atoms with E-state index in [2.05, 4.69) is 22.6 Å². The number of benzene rings is 2. The molecule has 0 aliphatic heterocycles. The molecule has 0 fully saturated rings. The molecular weight excluding hydrogens is 413 g/mol. The number of ether oxygens (including phenoxy) is 2. The lowest BCUT2D eigenvalue weighted by Gasteiger charge is -2.15. The highest BCUT2D eigenvalue weighted by molar-refractivity contribution is 14.1. The SMILES string of the molecule is CCOc1cc(CO)cc(I)c1OCc1cccc([N+](=O)[O-])c1. The second kappa shape index (κ2) is 8.11. The van der Waals surface area contributed by atoms with Gasteiger partial charge in [0.05, 0.1) is 21.7 Å². The lowest BCUT2D eigenvalue weighted by molar-refractivity contribution is -0.384. The largest absolute Gasteiger partial charge is 0.490 e. The molecule has 0 atom stereocenters. The number of aliphatic hydroxyl groups excluding tert-OH is 1. The van der Waals surface area contributed by atoms with Gasteiger partial charge >= 0.3 is 0 Å². The quantitative estimate of drug-likeness (QED) is 0.413. The second-order valence-electron chi connectivity index (χ2n) is 4.71. The molecule has 122 valence electrons. The average Bonchev–Trinajstić information content (AvgIpc) is 2.54. The van der Waals surface area contributed by atoms with E-state index in [0.29, 0.717) is 23.7 Å². The van der Waals surface area contributed by atoms with Gasteiger partial charge in [0.2, 0.25) is 0 Å². The Hall–Kier alpha value is -1.87. The summed E-state index contributed by atoms with van der Waals surface area (Å²) in [5, 5.41) is 20.1. The maximum Gasteiger partial charge on any atom is 0.269 e. The first kappa shape index (κ1) is 17.5. The van der Waals surface area contributed by atoms with Crippen molar-refractivity contribution in [1.82, 2.24) is 0 Å². The van der Waals surface area contributed by atoms with Gasteiger partial charge in [-0.3, -0.25) is 10.1 Å². The van der Waals surface area contributed by atoms with Crippen molar-refractivity contribution in [2.75, 3.05) is 6.61 Å². The third-order valence-electron chi connectivity index (χ3n) is 3.06. The number of hydrogen-bond acceptors (Lipinski definition) is 5. The number of nitro groups is 1. The summed E-state index contributed by atoms with van der Waals surface area (Å²) < 4.78 is 12.2. The van der Waals surface area contributed by atoms with E-state index in [-0.39, 0.29) is 18.9 Å². The van der Waals surface area contributed by atoms with Gasteiger partial charge in [0.15, 0.2) is 11.5 Å². The lowest BCUT2D eigenvalue weighted by atomic mass is 10.2. The van der Waals surface area contributed by atoms with Crippen LogP contribution in [0.2, 0.25) is 0 Å².